The van der Waals surface area contributed by atoms with Crippen LogP contribution in [0.5, 0.6) is 0 Å². The van der Waals surface area contributed by atoms with E-state index in [9.17, 15) is 18.0 Å². The first-order chi connectivity index (χ1) is 12.0. The number of aromatic nitrogens is 2. The molecule has 2 rings (SSSR count). The predicted octanol–water partition coefficient (Wildman–Crippen LogP) is 1.83. The highest BCUT2D eigenvalue weighted by Crippen LogP contribution is 2.24. The highest BCUT2D eigenvalue weighted by molar-refractivity contribution is 7.94. The fourth-order valence-corrected chi connectivity index (χ4v) is 3.91. The van der Waals surface area contributed by atoms with Crippen molar-refractivity contribution in [3.63, 3.8) is 0 Å². The molecule has 2 aromatic rings. The SMILES string of the molecule is CC(=O)Nc1nnc(S(=O)(=O)Nc2ccccc2C(=O)NC(C)(C)C)s1. The van der Waals surface area contributed by atoms with E-state index in [4.69, 9.17) is 0 Å². The normalized spacial score (nSPS) is 11.7. The molecule has 0 saturated carbocycles. The van der Waals surface area contributed by atoms with Crippen LogP contribution < -0.4 is 15.4 Å². The molecule has 0 fully saturated rings. The van der Waals surface area contributed by atoms with Crippen LogP contribution in [0.15, 0.2) is 28.6 Å². The lowest BCUT2D eigenvalue weighted by atomic mass is 10.1. The first-order valence-corrected chi connectivity index (χ1v) is 9.83. The highest BCUT2D eigenvalue weighted by atomic mass is 32.2. The van der Waals surface area contributed by atoms with Crippen molar-refractivity contribution in [2.24, 2.45) is 0 Å². The Balaban J connectivity index is 2.29. The van der Waals surface area contributed by atoms with E-state index in [0.717, 1.165) is 0 Å². The molecule has 0 aliphatic heterocycles. The summed E-state index contributed by atoms with van der Waals surface area (Å²) in [7, 11) is -4.06. The van der Waals surface area contributed by atoms with Gasteiger partial charge in [-0.15, -0.1) is 10.2 Å². The Kier molecular flexibility index (Phi) is 5.62. The maximum atomic E-state index is 12.5. The quantitative estimate of drug-likeness (QED) is 0.660. The first-order valence-electron chi connectivity index (χ1n) is 7.53. The van der Waals surface area contributed by atoms with Crippen molar-refractivity contribution >= 4 is 44.0 Å². The molecule has 3 N–H and O–H groups in total. The van der Waals surface area contributed by atoms with Gasteiger partial charge in [-0.05, 0) is 32.9 Å². The van der Waals surface area contributed by atoms with Crippen LogP contribution in [-0.2, 0) is 14.8 Å². The van der Waals surface area contributed by atoms with Gasteiger partial charge in [0.25, 0.3) is 20.3 Å². The van der Waals surface area contributed by atoms with Gasteiger partial charge in [0.2, 0.25) is 11.0 Å². The number of rotatable bonds is 5. The summed E-state index contributed by atoms with van der Waals surface area (Å²) < 4.78 is 27.0. The fraction of sp³-hybridized carbons (Fsp3) is 0.333. The largest absolute Gasteiger partial charge is 0.347 e. The first kappa shape index (κ1) is 19.8. The smallest absolute Gasteiger partial charge is 0.291 e. The van der Waals surface area contributed by atoms with Gasteiger partial charge in [0.05, 0.1) is 11.3 Å². The van der Waals surface area contributed by atoms with Crippen LogP contribution in [0.1, 0.15) is 38.1 Å². The number of hydrogen-bond donors (Lipinski definition) is 3. The molecule has 0 radical (unpaired) electrons. The Hall–Kier alpha value is -2.53. The van der Waals surface area contributed by atoms with Crippen LogP contribution >= 0.6 is 11.3 Å². The Bertz CT molecular complexity index is 932. The van der Waals surface area contributed by atoms with Crippen LogP contribution in [0.4, 0.5) is 10.8 Å². The summed E-state index contributed by atoms with van der Waals surface area (Å²) in [6, 6.07) is 6.23. The third kappa shape index (κ3) is 5.23. The lowest BCUT2D eigenvalue weighted by molar-refractivity contribution is -0.114. The molecule has 1 aromatic carbocycles. The minimum atomic E-state index is -4.06. The van der Waals surface area contributed by atoms with Crippen LogP contribution in [0.25, 0.3) is 0 Å². The van der Waals surface area contributed by atoms with E-state index in [2.05, 4.69) is 25.6 Å². The summed E-state index contributed by atoms with van der Waals surface area (Å²) in [6.45, 7) is 6.74. The van der Waals surface area contributed by atoms with E-state index in [1.165, 1.54) is 19.1 Å². The zero-order valence-electron chi connectivity index (χ0n) is 14.7. The minimum Gasteiger partial charge on any atom is -0.347 e. The monoisotopic (exact) mass is 397 g/mol. The molecular formula is C15H19N5O4S2. The second-order valence-corrected chi connectivity index (χ2v) is 9.24. The van der Waals surface area contributed by atoms with Gasteiger partial charge in [-0.25, -0.2) is 0 Å². The van der Waals surface area contributed by atoms with Crippen molar-refractivity contribution in [2.75, 3.05) is 10.0 Å². The van der Waals surface area contributed by atoms with Crippen LogP contribution in [0.2, 0.25) is 0 Å². The Morgan fingerprint density at radius 1 is 1.12 bits per heavy atom. The molecule has 2 amide bonds. The van der Waals surface area contributed by atoms with Gasteiger partial charge >= 0.3 is 0 Å². The van der Waals surface area contributed by atoms with E-state index in [1.54, 1.807) is 12.1 Å². The number of hydrogen-bond acceptors (Lipinski definition) is 7. The number of carbonyl (C=O) groups is 2. The van der Waals surface area contributed by atoms with Crippen molar-refractivity contribution in [1.82, 2.24) is 15.5 Å². The van der Waals surface area contributed by atoms with Gasteiger partial charge in [0.15, 0.2) is 0 Å². The molecule has 1 aromatic heterocycles. The molecule has 0 spiro atoms. The van der Waals surface area contributed by atoms with Crippen LogP contribution in [0.3, 0.4) is 0 Å². The molecule has 9 nitrogen and oxygen atoms in total. The van der Waals surface area contributed by atoms with Crippen LogP contribution in [-0.4, -0.2) is 36.0 Å². The minimum absolute atomic E-state index is 0.0663. The number of carbonyl (C=O) groups excluding carboxylic acids is 2. The summed E-state index contributed by atoms with van der Waals surface area (Å²) in [5.41, 5.74) is -0.182. The van der Waals surface area contributed by atoms with Gasteiger partial charge in [-0.2, -0.15) is 8.42 Å². The molecular weight excluding hydrogens is 378 g/mol. The third-order valence-corrected chi connectivity index (χ3v) is 5.40. The predicted molar refractivity (Wildman–Crippen MR) is 98.7 cm³/mol. The van der Waals surface area contributed by atoms with Crippen molar-refractivity contribution in [1.29, 1.82) is 0 Å². The molecule has 0 aliphatic carbocycles. The summed E-state index contributed by atoms with van der Waals surface area (Å²) in [5.74, 6) is -0.797. The number of anilines is 2. The maximum Gasteiger partial charge on any atom is 0.291 e. The van der Waals surface area contributed by atoms with Gasteiger partial charge in [0, 0.05) is 12.5 Å². The van der Waals surface area contributed by atoms with Crippen LogP contribution in [0, 0.1) is 0 Å². The molecule has 0 unspecified atom stereocenters. The van der Waals surface area contributed by atoms with E-state index in [1.807, 2.05) is 20.8 Å². The fourth-order valence-electron chi connectivity index (χ4n) is 1.89. The topological polar surface area (TPSA) is 130 Å². The average molecular weight is 397 g/mol. The zero-order valence-corrected chi connectivity index (χ0v) is 16.3. The Morgan fingerprint density at radius 3 is 2.38 bits per heavy atom. The number of benzene rings is 1. The Labute approximate surface area is 155 Å². The summed E-state index contributed by atoms with van der Waals surface area (Å²) >= 11 is 0.706. The lowest BCUT2D eigenvalue weighted by Crippen LogP contribution is -2.40. The number of nitrogens with one attached hydrogen (secondary N) is 3. The van der Waals surface area contributed by atoms with Crippen molar-refractivity contribution < 1.29 is 18.0 Å². The van der Waals surface area contributed by atoms with Gasteiger partial charge in [-0.3, -0.25) is 14.3 Å². The number of nitrogens with zero attached hydrogens (tertiary/aromatic N) is 2. The Morgan fingerprint density at radius 2 is 1.77 bits per heavy atom. The molecule has 0 saturated heterocycles. The summed E-state index contributed by atoms with van der Waals surface area (Å²) in [4.78, 5) is 23.4. The van der Waals surface area contributed by atoms with E-state index < -0.39 is 21.5 Å². The highest BCUT2D eigenvalue weighted by Gasteiger charge is 2.24. The maximum absolute atomic E-state index is 12.5. The summed E-state index contributed by atoms with van der Waals surface area (Å²) in [5, 5.41) is 12.4. The molecule has 1 heterocycles. The molecule has 11 heteroatoms. The van der Waals surface area contributed by atoms with E-state index >= 15 is 0 Å². The van der Waals surface area contributed by atoms with E-state index in [0.29, 0.717) is 11.3 Å². The second-order valence-electron chi connectivity index (χ2n) is 6.41. The van der Waals surface area contributed by atoms with Crippen molar-refractivity contribution in [3.05, 3.63) is 29.8 Å². The van der Waals surface area contributed by atoms with Crippen molar-refractivity contribution in [2.45, 2.75) is 37.6 Å². The lowest BCUT2D eigenvalue weighted by Gasteiger charge is -2.21. The standard InChI is InChI=1S/C15H19N5O4S2/c1-9(21)16-13-18-19-14(25-13)26(23,24)20-11-8-6-5-7-10(11)12(22)17-15(2,3)4/h5-8,20H,1-4H3,(H,17,22)(H,16,18,21). The number of para-hydroxylation sites is 1. The molecule has 0 bridgehead atoms. The third-order valence-electron chi connectivity index (χ3n) is 2.82. The second kappa shape index (κ2) is 7.38. The summed E-state index contributed by atoms with van der Waals surface area (Å²) in [6.07, 6.45) is 0. The van der Waals surface area contributed by atoms with Crippen molar-refractivity contribution in [3.8, 4) is 0 Å². The molecule has 140 valence electrons. The molecule has 26 heavy (non-hydrogen) atoms. The molecule has 0 aliphatic rings. The number of sulfonamides is 1. The van der Waals surface area contributed by atoms with E-state index in [-0.39, 0.29) is 26.6 Å². The van der Waals surface area contributed by atoms with Gasteiger partial charge in [0.1, 0.15) is 0 Å². The van der Waals surface area contributed by atoms with Gasteiger partial charge in [-0.1, -0.05) is 23.5 Å². The average Bonchev–Trinajstić information content (AvgIpc) is 2.94. The molecule has 0 atom stereocenters. The zero-order chi connectivity index (χ0) is 19.5. The van der Waals surface area contributed by atoms with Gasteiger partial charge < -0.3 is 10.6 Å². The number of amides is 2.